The molecule has 0 radical (unpaired) electrons. The Balaban J connectivity index is 1.05. The van der Waals surface area contributed by atoms with Crippen molar-refractivity contribution in [3.63, 3.8) is 0 Å². The van der Waals surface area contributed by atoms with Crippen LogP contribution >= 0.6 is 0 Å². The Kier molecular flexibility index (Phi) is 8.69. The third-order valence-corrected chi connectivity index (χ3v) is 21.9. The van der Waals surface area contributed by atoms with Gasteiger partial charge in [0.25, 0.3) is 5.79 Å². The highest BCUT2D eigenvalue weighted by atomic mass is 16.7. The Morgan fingerprint density at radius 3 is 2.45 bits per heavy atom. The number of aromatic hydroxyl groups is 1. The van der Waals surface area contributed by atoms with E-state index in [2.05, 4.69) is 26.3 Å². The van der Waals surface area contributed by atoms with Crippen LogP contribution in [0, 0.1) is 40.4 Å². The zero-order chi connectivity index (χ0) is 50.2. The second-order valence-corrected chi connectivity index (χ2v) is 24.9. The number of rotatable bonds is 2. The van der Waals surface area contributed by atoms with Gasteiger partial charge in [0.1, 0.15) is 29.5 Å². The smallest absolute Gasteiger partial charge is 0.261 e. The number of benzene rings is 2. The van der Waals surface area contributed by atoms with E-state index in [1.807, 2.05) is 0 Å². The number of aromatic nitrogens is 4. The third kappa shape index (κ3) is 5.11. The van der Waals surface area contributed by atoms with Crippen LogP contribution in [0.4, 0.5) is 5.82 Å². The standard InChI is InChI=1S/C59H61N5O10/c1-27-16-33-41(37(65)17-27)48(68)43-38-20-31-30(42(43)47(33)67)8-15-61-52(31)62-24-40(66)58-36-22-55(11-4-5-12-55)39(58)7-6-35-45(58)44-34(46-32(36)19-28(64-46)18-29-23-60-26-63-29)21-57(73-38)50(70)49(69)51(71)59(44,74-57)53(72)56(35)14-13-54(25-56)9-2-3-10-54/h8,15-17,19-21,23,26,35-36,39-40,49-51,53,64-66,69-72H,2-7,9-14,18,22,24-25H2,1H3,(H,60,63)(H,61,62). The number of phenols is 1. The number of hydrogen-bond acceptors (Lipinski definition) is 13. The third-order valence-electron chi connectivity index (χ3n) is 21.9. The summed E-state index contributed by atoms with van der Waals surface area (Å²) < 4.78 is 14.9. The summed E-state index contributed by atoms with van der Waals surface area (Å²) in [5, 5.41) is 83.5. The van der Waals surface area contributed by atoms with E-state index in [-0.39, 0.29) is 68.9 Å². The van der Waals surface area contributed by atoms with E-state index in [4.69, 9.17) is 14.5 Å². The fourth-order valence-corrected chi connectivity index (χ4v) is 19.4. The molecule has 382 valence electrons. The molecule has 3 aromatic heterocycles. The number of imidazole rings is 1. The topological polar surface area (TPSA) is 243 Å². The summed E-state index contributed by atoms with van der Waals surface area (Å²) in [4.78, 5) is 46.8. The molecule has 9 N–H and O–H groups in total. The number of nitrogens with zero attached hydrogens (tertiary/aromatic N) is 2. The lowest BCUT2D eigenvalue weighted by molar-refractivity contribution is -0.369. The maximum Gasteiger partial charge on any atom is 0.261 e. The second kappa shape index (κ2) is 14.4. The lowest BCUT2D eigenvalue weighted by Gasteiger charge is -2.68. The predicted molar refractivity (Wildman–Crippen MR) is 268 cm³/mol. The minimum Gasteiger partial charge on any atom is -0.507 e. The van der Waals surface area contributed by atoms with E-state index in [0.717, 1.165) is 99.6 Å². The van der Waals surface area contributed by atoms with Gasteiger partial charge in [0.15, 0.2) is 17.5 Å². The summed E-state index contributed by atoms with van der Waals surface area (Å²) >= 11 is 0. The van der Waals surface area contributed by atoms with Crippen molar-refractivity contribution >= 4 is 33.7 Å². The number of carbonyl (C=O) groups is 2. The van der Waals surface area contributed by atoms with E-state index < -0.39 is 64.3 Å². The quantitative estimate of drug-likeness (QED) is 0.0854. The molecule has 0 amide bonds. The number of nitrogens with one attached hydrogen (secondary N) is 3. The molecule has 7 heterocycles. The van der Waals surface area contributed by atoms with Crippen LogP contribution in [0.5, 0.6) is 11.5 Å². The van der Waals surface area contributed by atoms with Gasteiger partial charge in [-0.25, -0.2) is 9.97 Å². The van der Waals surface area contributed by atoms with Crippen LogP contribution in [0.1, 0.15) is 156 Å². The number of ether oxygens (including phenoxy) is 2. The van der Waals surface area contributed by atoms with Gasteiger partial charge in [-0.1, -0.05) is 25.7 Å². The Hall–Kier alpha value is -5.68. The van der Waals surface area contributed by atoms with Gasteiger partial charge in [-0.3, -0.25) is 9.59 Å². The maximum absolute atomic E-state index is 15.3. The first-order valence-corrected chi connectivity index (χ1v) is 27.3. The van der Waals surface area contributed by atoms with Crippen LogP contribution < -0.4 is 10.1 Å². The molecule has 8 bridgehead atoms. The molecule has 74 heavy (non-hydrogen) atoms. The average Bonchev–Trinajstić information content (AvgIpc) is 4.30. The molecule has 8 aliphatic carbocycles. The fraction of sp³-hybridized carbons (Fsp3) is 0.525. The normalized spacial score (nSPS) is 38.1. The number of pyridine rings is 1. The molecule has 2 aromatic carbocycles. The van der Waals surface area contributed by atoms with Crippen molar-refractivity contribution in [1.29, 1.82) is 0 Å². The molecule has 15 nitrogen and oxygen atoms in total. The van der Waals surface area contributed by atoms with Crippen molar-refractivity contribution in [3.05, 3.63) is 117 Å². The van der Waals surface area contributed by atoms with Gasteiger partial charge in [0.2, 0.25) is 5.78 Å². The SMILES string of the molecule is Cc1cc(O)c2c(c1)C(=O)c1c(c3cc4c(nccc14)NCC(O)C14C5=C6C7=CC8(O3)OC6(C(O)C(O)C8O)C(O)C3(CCC6(CCCC6)C3)C5CCC1C1(CCCC1)CC4c1cc(Cc3cnc[nH]3)[nH]c17)C2=O. The van der Waals surface area contributed by atoms with Crippen molar-refractivity contribution in [3.8, 4) is 11.5 Å². The lowest BCUT2D eigenvalue weighted by atomic mass is 9.42. The van der Waals surface area contributed by atoms with E-state index in [9.17, 15) is 30.6 Å². The summed E-state index contributed by atoms with van der Waals surface area (Å²) in [6, 6.07) is 8.49. The van der Waals surface area contributed by atoms with Crippen molar-refractivity contribution in [2.75, 3.05) is 11.9 Å². The monoisotopic (exact) mass is 999 g/mol. The highest BCUT2D eigenvalue weighted by Gasteiger charge is 2.81. The summed E-state index contributed by atoms with van der Waals surface area (Å²) in [6.07, 6.45) is 11.8. The van der Waals surface area contributed by atoms with E-state index in [0.29, 0.717) is 58.3 Å². The number of aliphatic hydroxyl groups excluding tert-OH is 5. The molecule has 15 heteroatoms. The summed E-state index contributed by atoms with van der Waals surface area (Å²) in [6.45, 7) is 1.77. The number of fused-ring (bicyclic) bond motifs is 9. The first-order chi connectivity index (χ1) is 35.7. The Labute approximate surface area is 426 Å². The van der Waals surface area contributed by atoms with Gasteiger partial charge < -0.3 is 55.4 Å². The van der Waals surface area contributed by atoms with Crippen LogP contribution in [0.25, 0.3) is 16.3 Å². The van der Waals surface area contributed by atoms with Crippen molar-refractivity contribution < 1.29 is 49.7 Å². The van der Waals surface area contributed by atoms with Crippen molar-refractivity contribution in [1.82, 2.24) is 19.9 Å². The van der Waals surface area contributed by atoms with Crippen molar-refractivity contribution in [2.24, 2.45) is 33.5 Å². The lowest BCUT2D eigenvalue weighted by Crippen LogP contribution is -2.80. The predicted octanol–water partition coefficient (Wildman–Crippen LogP) is 6.95. The molecule has 5 saturated carbocycles. The molecule has 12 aliphatic rings. The Bertz CT molecular complexity index is 3420. The molecule has 12 unspecified atom stereocenters. The van der Waals surface area contributed by atoms with Crippen LogP contribution in [0.2, 0.25) is 0 Å². The van der Waals surface area contributed by atoms with E-state index >= 15 is 9.59 Å². The number of hydrogen-bond donors (Lipinski definition) is 9. The minimum atomic E-state index is -2.44. The number of aliphatic hydroxyl groups is 5. The van der Waals surface area contributed by atoms with Crippen LogP contribution in [-0.2, 0) is 11.2 Å². The van der Waals surface area contributed by atoms with Gasteiger partial charge in [0.05, 0.1) is 29.7 Å². The number of H-pyrrole nitrogens is 2. The molecule has 5 aromatic rings. The second-order valence-electron chi connectivity index (χ2n) is 24.9. The molecular formula is C59H61N5O10. The summed E-state index contributed by atoms with van der Waals surface area (Å²) in [7, 11) is 0. The Morgan fingerprint density at radius 2 is 1.65 bits per heavy atom. The number of anilines is 1. The number of ketones is 2. The highest BCUT2D eigenvalue weighted by molar-refractivity contribution is 6.34. The van der Waals surface area contributed by atoms with Gasteiger partial charge in [-0.15, -0.1) is 0 Å². The van der Waals surface area contributed by atoms with E-state index in [1.54, 1.807) is 49.9 Å². The molecule has 4 aliphatic heterocycles. The van der Waals surface area contributed by atoms with E-state index in [1.165, 1.54) is 6.07 Å². The fourth-order valence-electron chi connectivity index (χ4n) is 19.4. The molecule has 12 atom stereocenters. The number of aryl methyl sites for hydroxylation is 1. The first kappa shape index (κ1) is 44.6. The maximum atomic E-state index is 15.3. The van der Waals surface area contributed by atoms with Crippen LogP contribution in [0.15, 0.2) is 66.3 Å². The highest BCUT2D eigenvalue weighted by Crippen LogP contribution is 2.82. The molecular weight excluding hydrogens is 939 g/mol. The number of carbonyl (C=O) groups excluding carboxylic acids is 2. The van der Waals surface area contributed by atoms with Gasteiger partial charge in [-0.05, 0) is 164 Å². The number of phenolic OH excluding ortho intramolecular Hbond substituents is 1. The largest absolute Gasteiger partial charge is 0.507 e. The molecule has 6 spiro atoms. The number of aromatic amines is 2. The average molecular weight is 1000 g/mol. The summed E-state index contributed by atoms with van der Waals surface area (Å²) in [5.41, 5.74) is 1.54. The van der Waals surface area contributed by atoms with Crippen LogP contribution in [0.3, 0.4) is 0 Å². The van der Waals surface area contributed by atoms with Gasteiger partial charge in [-0.2, -0.15) is 0 Å². The summed E-state index contributed by atoms with van der Waals surface area (Å²) in [5.74, 6) is -4.42. The van der Waals surface area contributed by atoms with Gasteiger partial charge in [0, 0.05) is 75.4 Å². The van der Waals surface area contributed by atoms with Crippen LogP contribution in [-0.4, -0.2) is 111 Å². The molecule has 6 fully saturated rings. The zero-order valence-electron chi connectivity index (χ0n) is 41.3. The van der Waals surface area contributed by atoms with Crippen molar-refractivity contribution in [2.45, 2.75) is 151 Å². The first-order valence-electron chi connectivity index (χ1n) is 27.3. The zero-order valence-corrected chi connectivity index (χ0v) is 41.3. The molecule has 1 saturated heterocycles. The minimum absolute atomic E-state index is 0.00493. The Morgan fingerprint density at radius 1 is 0.838 bits per heavy atom. The molecule has 17 rings (SSSR count). The van der Waals surface area contributed by atoms with Gasteiger partial charge >= 0.3 is 0 Å².